The highest BCUT2D eigenvalue weighted by Crippen LogP contribution is 1.68. The second kappa shape index (κ2) is 13.2. The Morgan fingerprint density at radius 3 is 1.75 bits per heavy atom. The molecule has 0 aliphatic rings. The molecule has 0 aromatic rings. The largest absolute Gasteiger partial charge is 0.480 e. The Labute approximate surface area is 75.5 Å². The van der Waals surface area contributed by atoms with E-state index in [4.69, 9.17) is 26.9 Å². The standard InChI is InChI=1S/C4H10O3.C2H3ClO2/c5-1-3-7-4-2-6;3-1-2(4)5/h5-6H,1-4H2;1H2,(H,4,5). The van der Waals surface area contributed by atoms with E-state index in [2.05, 4.69) is 4.74 Å². The van der Waals surface area contributed by atoms with E-state index in [0.717, 1.165) is 0 Å². The molecule has 0 bridgehead atoms. The van der Waals surface area contributed by atoms with Crippen molar-refractivity contribution in [3.63, 3.8) is 0 Å². The molecule has 0 unspecified atom stereocenters. The number of aliphatic hydroxyl groups excluding tert-OH is 2. The highest BCUT2D eigenvalue weighted by atomic mass is 35.5. The average molecular weight is 201 g/mol. The third-order valence-corrected chi connectivity index (χ3v) is 0.814. The molecule has 6 heteroatoms. The lowest BCUT2D eigenvalue weighted by Crippen LogP contribution is -2.03. The van der Waals surface area contributed by atoms with Crippen LogP contribution >= 0.6 is 11.6 Å². The lowest BCUT2D eigenvalue weighted by molar-refractivity contribution is -0.134. The predicted octanol–water partition coefficient (Wildman–Crippen LogP) is -0.703. The maximum Gasteiger partial charge on any atom is 0.318 e. The van der Waals surface area contributed by atoms with Gasteiger partial charge in [0.25, 0.3) is 0 Å². The van der Waals surface area contributed by atoms with Crippen LogP contribution in [0.5, 0.6) is 0 Å². The molecule has 0 saturated heterocycles. The van der Waals surface area contributed by atoms with Gasteiger partial charge in [-0.05, 0) is 0 Å². The van der Waals surface area contributed by atoms with E-state index >= 15 is 0 Å². The summed E-state index contributed by atoms with van der Waals surface area (Å²) in [6.45, 7) is 0.696. The van der Waals surface area contributed by atoms with Crippen molar-refractivity contribution in [3.05, 3.63) is 0 Å². The molecular formula is C6H13ClO5. The van der Waals surface area contributed by atoms with Crippen LogP contribution in [0.2, 0.25) is 0 Å². The molecule has 3 N–H and O–H groups in total. The monoisotopic (exact) mass is 200 g/mol. The zero-order valence-electron chi connectivity index (χ0n) is 6.57. The van der Waals surface area contributed by atoms with Crippen molar-refractivity contribution < 1.29 is 24.9 Å². The van der Waals surface area contributed by atoms with E-state index < -0.39 is 5.97 Å². The summed E-state index contributed by atoms with van der Waals surface area (Å²) in [5, 5.41) is 23.8. The van der Waals surface area contributed by atoms with Gasteiger partial charge in [-0.25, -0.2) is 0 Å². The van der Waals surface area contributed by atoms with Gasteiger partial charge in [0.05, 0.1) is 26.4 Å². The number of aliphatic hydroxyl groups is 2. The number of hydrogen-bond donors (Lipinski definition) is 3. The number of carboxylic acids is 1. The fourth-order valence-corrected chi connectivity index (χ4v) is 0.231. The van der Waals surface area contributed by atoms with Crippen molar-refractivity contribution in [2.75, 3.05) is 32.3 Å². The Hall–Kier alpha value is -0.360. The SMILES string of the molecule is O=C(O)CCl.OCCOCCO. The first kappa shape index (κ1) is 14.2. The Morgan fingerprint density at radius 1 is 1.25 bits per heavy atom. The molecule has 0 rings (SSSR count). The van der Waals surface area contributed by atoms with Gasteiger partial charge < -0.3 is 20.1 Å². The minimum Gasteiger partial charge on any atom is -0.480 e. The van der Waals surface area contributed by atoms with Crippen molar-refractivity contribution >= 4 is 17.6 Å². The van der Waals surface area contributed by atoms with E-state index in [-0.39, 0.29) is 19.1 Å². The maximum atomic E-state index is 9.24. The van der Waals surface area contributed by atoms with Crippen LogP contribution in [0.4, 0.5) is 0 Å². The van der Waals surface area contributed by atoms with Crippen LogP contribution in [0.15, 0.2) is 0 Å². The Bertz CT molecular complexity index is 93.9. The van der Waals surface area contributed by atoms with Gasteiger partial charge in [-0.15, -0.1) is 11.6 Å². The molecule has 74 valence electrons. The molecule has 0 fully saturated rings. The quantitative estimate of drug-likeness (QED) is 0.404. The van der Waals surface area contributed by atoms with E-state index in [1.807, 2.05) is 0 Å². The summed E-state index contributed by atoms with van der Waals surface area (Å²) >= 11 is 4.74. The molecule has 5 nitrogen and oxygen atoms in total. The number of alkyl halides is 1. The van der Waals surface area contributed by atoms with Crippen molar-refractivity contribution in [3.8, 4) is 0 Å². The summed E-state index contributed by atoms with van der Waals surface area (Å²) in [4.78, 5) is 9.24. The first-order valence-electron chi connectivity index (χ1n) is 3.26. The van der Waals surface area contributed by atoms with Crippen LogP contribution in [-0.2, 0) is 9.53 Å². The van der Waals surface area contributed by atoms with Gasteiger partial charge >= 0.3 is 5.97 Å². The van der Waals surface area contributed by atoms with Crippen LogP contribution < -0.4 is 0 Å². The Balaban J connectivity index is 0. The first-order valence-corrected chi connectivity index (χ1v) is 3.79. The second-order valence-electron chi connectivity index (χ2n) is 1.59. The van der Waals surface area contributed by atoms with Gasteiger partial charge in [0.15, 0.2) is 0 Å². The number of halogens is 1. The van der Waals surface area contributed by atoms with Crippen molar-refractivity contribution in [2.24, 2.45) is 0 Å². The molecule has 0 aromatic heterocycles. The topological polar surface area (TPSA) is 87.0 Å². The van der Waals surface area contributed by atoms with Gasteiger partial charge in [0.1, 0.15) is 5.88 Å². The summed E-state index contributed by atoms with van der Waals surface area (Å²) in [5.74, 6) is -1.29. The van der Waals surface area contributed by atoms with Crippen LogP contribution in [0, 0.1) is 0 Å². The molecule has 0 aromatic carbocycles. The number of ether oxygens (including phenoxy) is 1. The van der Waals surface area contributed by atoms with Crippen molar-refractivity contribution in [1.29, 1.82) is 0 Å². The molecular weight excluding hydrogens is 188 g/mol. The number of hydrogen-bond acceptors (Lipinski definition) is 4. The van der Waals surface area contributed by atoms with E-state index in [0.29, 0.717) is 13.2 Å². The molecule has 0 heterocycles. The van der Waals surface area contributed by atoms with Gasteiger partial charge in [-0.1, -0.05) is 0 Å². The smallest absolute Gasteiger partial charge is 0.318 e. The lowest BCUT2D eigenvalue weighted by atomic mass is 10.7. The molecule has 0 spiro atoms. The molecule has 0 aliphatic heterocycles. The highest BCUT2D eigenvalue weighted by Gasteiger charge is 1.83. The zero-order valence-corrected chi connectivity index (χ0v) is 7.33. The average Bonchev–Trinajstić information content (AvgIpc) is 2.07. The van der Waals surface area contributed by atoms with Gasteiger partial charge in [0, 0.05) is 0 Å². The third kappa shape index (κ3) is 22.6. The molecule has 0 radical (unpaired) electrons. The lowest BCUT2D eigenvalue weighted by Gasteiger charge is -1.94. The van der Waals surface area contributed by atoms with E-state index in [9.17, 15) is 4.79 Å². The summed E-state index contributed by atoms with van der Waals surface area (Å²) < 4.78 is 4.63. The normalized spacial score (nSPS) is 8.58. The van der Waals surface area contributed by atoms with Crippen LogP contribution in [0.3, 0.4) is 0 Å². The summed E-state index contributed by atoms with van der Waals surface area (Å²) in [7, 11) is 0. The van der Waals surface area contributed by atoms with Crippen LogP contribution in [0.25, 0.3) is 0 Å². The summed E-state index contributed by atoms with van der Waals surface area (Å²) in [5.41, 5.74) is 0. The van der Waals surface area contributed by atoms with Crippen molar-refractivity contribution in [2.45, 2.75) is 0 Å². The fourth-order valence-electron chi connectivity index (χ4n) is 0.231. The predicted molar refractivity (Wildman–Crippen MR) is 43.3 cm³/mol. The van der Waals surface area contributed by atoms with Gasteiger partial charge in [0.2, 0.25) is 0 Å². The van der Waals surface area contributed by atoms with Crippen LogP contribution in [0.1, 0.15) is 0 Å². The minimum absolute atomic E-state index is 0.0278. The minimum atomic E-state index is -0.980. The molecule has 0 amide bonds. The summed E-state index contributed by atoms with van der Waals surface area (Å²) in [6, 6.07) is 0. The summed E-state index contributed by atoms with van der Waals surface area (Å²) in [6.07, 6.45) is 0. The second-order valence-corrected chi connectivity index (χ2v) is 1.85. The van der Waals surface area contributed by atoms with E-state index in [1.165, 1.54) is 0 Å². The van der Waals surface area contributed by atoms with Gasteiger partial charge in [-0.3, -0.25) is 4.79 Å². The zero-order chi connectivity index (χ0) is 9.82. The number of carbonyl (C=O) groups is 1. The number of carboxylic acid groups (broad SMARTS) is 1. The Kier molecular flexibility index (Phi) is 15.7. The van der Waals surface area contributed by atoms with E-state index in [1.54, 1.807) is 0 Å². The molecule has 12 heavy (non-hydrogen) atoms. The third-order valence-electron chi connectivity index (χ3n) is 0.586. The maximum absolute atomic E-state index is 9.24. The molecule has 0 aliphatic carbocycles. The molecule has 0 saturated carbocycles. The highest BCUT2D eigenvalue weighted by molar-refractivity contribution is 6.26. The number of aliphatic carboxylic acids is 1. The fraction of sp³-hybridized carbons (Fsp3) is 0.833. The number of rotatable bonds is 5. The van der Waals surface area contributed by atoms with Crippen molar-refractivity contribution in [1.82, 2.24) is 0 Å². The molecule has 0 atom stereocenters. The van der Waals surface area contributed by atoms with Crippen LogP contribution in [-0.4, -0.2) is 53.6 Å². The van der Waals surface area contributed by atoms with Gasteiger partial charge in [-0.2, -0.15) is 0 Å². The Morgan fingerprint density at radius 2 is 1.58 bits per heavy atom. The first-order chi connectivity index (χ1) is 5.68.